The van der Waals surface area contributed by atoms with Crippen LogP contribution in [0.25, 0.3) is 5.69 Å². The third kappa shape index (κ3) is 3.82. The van der Waals surface area contributed by atoms with Crippen molar-refractivity contribution in [3.05, 3.63) is 42.2 Å². The zero-order valence-electron chi connectivity index (χ0n) is 12.7. The lowest BCUT2D eigenvalue weighted by Crippen LogP contribution is -2.33. The smallest absolute Gasteiger partial charge is 0.274 e. The van der Waals surface area contributed by atoms with Gasteiger partial charge in [0.2, 0.25) is 0 Å². The number of nitrogens with two attached hydrogens (primary N) is 1. The summed E-state index contributed by atoms with van der Waals surface area (Å²) >= 11 is 0. The number of aromatic nitrogens is 2. The third-order valence-corrected chi connectivity index (χ3v) is 3.17. The summed E-state index contributed by atoms with van der Waals surface area (Å²) in [6, 6.07) is 9.10. The quantitative estimate of drug-likeness (QED) is 0.836. The highest BCUT2D eigenvalue weighted by atomic mass is 16.2. The predicted molar refractivity (Wildman–Crippen MR) is 83.5 cm³/mol. The molecule has 1 heterocycles. The van der Waals surface area contributed by atoms with Crippen molar-refractivity contribution in [3.63, 3.8) is 0 Å². The van der Waals surface area contributed by atoms with E-state index < -0.39 is 0 Å². The molecule has 0 atom stereocenters. The molecule has 1 amide bonds. The fourth-order valence-electron chi connectivity index (χ4n) is 1.90. The molecule has 0 radical (unpaired) electrons. The minimum Gasteiger partial charge on any atom is -0.399 e. The highest BCUT2D eigenvalue weighted by Gasteiger charge is 2.15. The summed E-state index contributed by atoms with van der Waals surface area (Å²) in [5, 5.41) is 4.33. The second-order valence-corrected chi connectivity index (χ2v) is 5.27. The van der Waals surface area contributed by atoms with Gasteiger partial charge < -0.3 is 15.5 Å². The molecule has 0 unspecified atom stereocenters. The molecule has 0 aliphatic carbocycles. The number of rotatable bonds is 5. The van der Waals surface area contributed by atoms with Crippen molar-refractivity contribution in [3.8, 4) is 5.69 Å². The Hall–Kier alpha value is -2.34. The maximum atomic E-state index is 12.3. The number of carbonyl (C=O) groups excluding carboxylic acids is 1. The van der Waals surface area contributed by atoms with Crippen molar-refractivity contribution in [1.29, 1.82) is 0 Å². The molecule has 0 fully saturated rings. The number of carbonyl (C=O) groups is 1. The van der Waals surface area contributed by atoms with E-state index in [1.165, 1.54) is 0 Å². The van der Waals surface area contributed by atoms with Crippen molar-refractivity contribution >= 4 is 11.6 Å². The van der Waals surface area contributed by atoms with Crippen LogP contribution in [0.1, 0.15) is 10.5 Å². The van der Waals surface area contributed by atoms with E-state index in [1.807, 2.05) is 43.3 Å². The molecule has 1 aromatic heterocycles. The molecule has 21 heavy (non-hydrogen) atoms. The van der Waals surface area contributed by atoms with Crippen molar-refractivity contribution in [2.24, 2.45) is 0 Å². The fourth-order valence-corrected chi connectivity index (χ4v) is 1.90. The van der Waals surface area contributed by atoms with Gasteiger partial charge >= 0.3 is 0 Å². The van der Waals surface area contributed by atoms with Gasteiger partial charge in [-0.05, 0) is 38.4 Å². The molecule has 0 aliphatic rings. The van der Waals surface area contributed by atoms with Crippen LogP contribution in [0.15, 0.2) is 36.5 Å². The molecule has 6 nitrogen and oxygen atoms in total. The van der Waals surface area contributed by atoms with E-state index in [0.29, 0.717) is 17.9 Å². The van der Waals surface area contributed by atoms with Crippen LogP contribution in [0, 0.1) is 0 Å². The minimum absolute atomic E-state index is 0.0838. The molecule has 1 aromatic carbocycles. The van der Waals surface area contributed by atoms with Gasteiger partial charge in [-0.1, -0.05) is 6.07 Å². The number of nitrogen functional groups attached to an aromatic ring is 1. The number of amides is 1. The topological polar surface area (TPSA) is 67.4 Å². The Morgan fingerprint density at radius 2 is 2.00 bits per heavy atom. The fraction of sp³-hybridized carbons (Fsp3) is 0.333. The average Bonchev–Trinajstić information content (AvgIpc) is 2.93. The van der Waals surface area contributed by atoms with Crippen LogP contribution >= 0.6 is 0 Å². The van der Waals surface area contributed by atoms with Gasteiger partial charge in [-0.2, -0.15) is 5.10 Å². The highest BCUT2D eigenvalue weighted by molar-refractivity contribution is 5.92. The van der Waals surface area contributed by atoms with E-state index in [9.17, 15) is 4.79 Å². The summed E-state index contributed by atoms with van der Waals surface area (Å²) in [5.41, 5.74) is 7.69. The Morgan fingerprint density at radius 3 is 2.67 bits per heavy atom. The van der Waals surface area contributed by atoms with Gasteiger partial charge in [0.25, 0.3) is 5.91 Å². The SMILES string of the molecule is CN(C)CCN(C)C(=O)c1ccn(-c2cccc(N)c2)n1. The lowest BCUT2D eigenvalue weighted by Gasteiger charge is -2.18. The second-order valence-electron chi connectivity index (χ2n) is 5.27. The molecular weight excluding hydrogens is 266 g/mol. The average molecular weight is 287 g/mol. The first-order valence-corrected chi connectivity index (χ1v) is 6.79. The Labute approximate surface area is 124 Å². The molecule has 0 spiro atoms. The molecular formula is C15H21N5O. The van der Waals surface area contributed by atoms with E-state index >= 15 is 0 Å². The molecule has 112 valence electrons. The Bertz CT molecular complexity index is 620. The van der Waals surface area contributed by atoms with E-state index in [1.54, 1.807) is 28.9 Å². The molecule has 0 saturated carbocycles. The van der Waals surface area contributed by atoms with Crippen LogP contribution in [-0.4, -0.2) is 59.7 Å². The van der Waals surface area contributed by atoms with E-state index in [4.69, 9.17) is 5.73 Å². The van der Waals surface area contributed by atoms with Crippen LogP contribution in [0.2, 0.25) is 0 Å². The van der Waals surface area contributed by atoms with E-state index in [2.05, 4.69) is 5.10 Å². The predicted octanol–water partition coefficient (Wildman–Crippen LogP) is 1.09. The molecule has 0 saturated heterocycles. The number of benzene rings is 1. The zero-order valence-corrected chi connectivity index (χ0v) is 12.7. The Kier molecular flexibility index (Phi) is 4.59. The standard InChI is InChI=1S/C15H21N5O/c1-18(2)9-10-19(3)15(21)14-7-8-20(17-14)13-6-4-5-12(16)11-13/h4-8,11H,9-10,16H2,1-3H3. The molecule has 2 N–H and O–H groups in total. The lowest BCUT2D eigenvalue weighted by atomic mass is 10.3. The molecule has 6 heteroatoms. The monoisotopic (exact) mass is 287 g/mol. The first-order valence-electron chi connectivity index (χ1n) is 6.79. The number of likely N-dealkylation sites (N-methyl/N-ethyl adjacent to an activating group) is 2. The van der Waals surface area contributed by atoms with E-state index in [-0.39, 0.29) is 5.91 Å². The van der Waals surface area contributed by atoms with Gasteiger partial charge in [0.15, 0.2) is 5.69 Å². The molecule has 0 bridgehead atoms. The van der Waals surface area contributed by atoms with Gasteiger partial charge in [-0.15, -0.1) is 0 Å². The van der Waals surface area contributed by atoms with E-state index in [0.717, 1.165) is 12.2 Å². The Morgan fingerprint density at radius 1 is 1.24 bits per heavy atom. The Balaban J connectivity index is 2.10. The lowest BCUT2D eigenvalue weighted by molar-refractivity contribution is 0.0780. The second kappa shape index (κ2) is 6.41. The van der Waals surface area contributed by atoms with Crippen molar-refractivity contribution in [1.82, 2.24) is 19.6 Å². The molecule has 2 rings (SSSR count). The number of hydrogen-bond acceptors (Lipinski definition) is 4. The number of anilines is 1. The van der Waals surface area contributed by atoms with Crippen LogP contribution in [-0.2, 0) is 0 Å². The normalized spacial score (nSPS) is 10.9. The molecule has 2 aromatic rings. The van der Waals surface area contributed by atoms with Crippen molar-refractivity contribution < 1.29 is 4.79 Å². The van der Waals surface area contributed by atoms with Crippen LogP contribution in [0.5, 0.6) is 0 Å². The van der Waals surface area contributed by atoms with Gasteiger partial charge in [-0.3, -0.25) is 4.79 Å². The summed E-state index contributed by atoms with van der Waals surface area (Å²) in [5.74, 6) is -0.0838. The summed E-state index contributed by atoms with van der Waals surface area (Å²) in [6.45, 7) is 1.48. The largest absolute Gasteiger partial charge is 0.399 e. The van der Waals surface area contributed by atoms with Gasteiger partial charge in [0.05, 0.1) is 5.69 Å². The number of hydrogen-bond donors (Lipinski definition) is 1. The van der Waals surface area contributed by atoms with Gasteiger partial charge in [0, 0.05) is 32.0 Å². The van der Waals surface area contributed by atoms with Gasteiger partial charge in [0.1, 0.15) is 0 Å². The first-order chi connectivity index (χ1) is 9.97. The van der Waals surface area contributed by atoms with Crippen LogP contribution < -0.4 is 5.73 Å². The summed E-state index contributed by atoms with van der Waals surface area (Å²) < 4.78 is 1.66. The minimum atomic E-state index is -0.0838. The molecule has 0 aliphatic heterocycles. The van der Waals surface area contributed by atoms with Crippen molar-refractivity contribution in [2.75, 3.05) is 40.0 Å². The van der Waals surface area contributed by atoms with Crippen LogP contribution in [0.4, 0.5) is 5.69 Å². The maximum Gasteiger partial charge on any atom is 0.274 e. The zero-order chi connectivity index (χ0) is 15.4. The van der Waals surface area contributed by atoms with Gasteiger partial charge in [-0.25, -0.2) is 4.68 Å². The summed E-state index contributed by atoms with van der Waals surface area (Å²) in [7, 11) is 5.74. The summed E-state index contributed by atoms with van der Waals surface area (Å²) in [6.07, 6.45) is 1.77. The van der Waals surface area contributed by atoms with Crippen molar-refractivity contribution in [2.45, 2.75) is 0 Å². The maximum absolute atomic E-state index is 12.3. The summed E-state index contributed by atoms with van der Waals surface area (Å²) in [4.78, 5) is 16.0. The number of nitrogens with zero attached hydrogens (tertiary/aromatic N) is 4. The first kappa shape index (κ1) is 15.1. The third-order valence-electron chi connectivity index (χ3n) is 3.17. The highest BCUT2D eigenvalue weighted by Crippen LogP contribution is 2.12. The van der Waals surface area contributed by atoms with Crippen LogP contribution in [0.3, 0.4) is 0 Å².